The lowest BCUT2D eigenvalue weighted by molar-refractivity contribution is -0.123. The molecule has 1 aromatic rings. The molecule has 0 spiro atoms. The number of amides is 2. The van der Waals surface area contributed by atoms with E-state index in [4.69, 9.17) is 0 Å². The number of anilines is 1. The van der Waals surface area contributed by atoms with E-state index in [-0.39, 0.29) is 17.9 Å². The highest BCUT2D eigenvalue weighted by molar-refractivity contribution is 5.95. The van der Waals surface area contributed by atoms with Gasteiger partial charge in [-0.2, -0.15) is 0 Å². The summed E-state index contributed by atoms with van der Waals surface area (Å²) in [6.45, 7) is 7.24. The minimum absolute atomic E-state index is 0.0624. The van der Waals surface area contributed by atoms with Crippen molar-refractivity contribution in [2.24, 2.45) is 0 Å². The largest absolute Gasteiger partial charge is 0.378 e. The normalized spacial score (nSPS) is 16.4. The Morgan fingerprint density at radius 2 is 1.88 bits per heavy atom. The number of benzene rings is 1. The van der Waals surface area contributed by atoms with E-state index in [1.165, 1.54) is 0 Å². The summed E-state index contributed by atoms with van der Waals surface area (Å²) in [5.41, 5.74) is 1.74. The van der Waals surface area contributed by atoms with Gasteiger partial charge >= 0.3 is 0 Å². The van der Waals surface area contributed by atoms with Gasteiger partial charge in [0.05, 0.1) is 6.54 Å². The molecule has 0 aromatic heterocycles. The van der Waals surface area contributed by atoms with Crippen LogP contribution in [0.2, 0.25) is 0 Å². The second-order valence-corrected chi connectivity index (χ2v) is 6.89. The smallest absolute Gasteiger partial charge is 0.254 e. The van der Waals surface area contributed by atoms with Gasteiger partial charge in [0.25, 0.3) is 5.91 Å². The maximum atomic E-state index is 12.7. The molecular formula is C19H30N4O2. The van der Waals surface area contributed by atoms with Crippen LogP contribution in [-0.2, 0) is 4.79 Å². The highest BCUT2D eigenvalue weighted by Crippen LogP contribution is 2.16. The summed E-state index contributed by atoms with van der Waals surface area (Å²) in [4.78, 5) is 30.7. The summed E-state index contributed by atoms with van der Waals surface area (Å²) in [7, 11) is 3.93. The standard InChI is InChI=1S/C19H30N4O2/c1-5-15(2)20-18(24)14-22-9-11-23(12-10-22)19(25)16-7-6-8-17(13-16)21(3)4/h6-8,13,15H,5,9-12,14H2,1-4H3,(H,20,24). The number of hydrogen-bond donors (Lipinski definition) is 1. The number of carbonyl (C=O) groups excluding carboxylic acids is 2. The van der Waals surface area contributed by atoms with Gasteiger partial charge in [-0.05, 0) is 31.5 Å². The van der Waals surface area contributed by atoms with Crippen LogP contribution in [0, 0.1) is 0 Å². The van der Waals surface area contributed by atoms with Gasteiger partial charge in [0.1, 0.15) is 0 Å². The highest BCUT2D eigenvalue weighted by Gasteiger charge is 2.23. The molecule has 6 heteroatoms. The second-order valence-electron chi connectivity index (χ2n) is 6.89. The Labute approximate surface area is 150 Å². The van der Waals surface area contributed by atoms with E-state index in [2.05, 4.69) is 17.1 Å². The maximum Gasteiger partial charge on any atom is 0.254 e. The molecule has 2 amide bonds. The molecule has 0 radical (unpaired) electrons. The topological polar surface area (TPSA) is 55.9 Å². The van der Waals surface area contributed by atoms with E-state index in [0.29, 0.717) is 25.2 Å². The molecule has 1 N–H and O–H groups in total. The molecule has 6 nitrogen and oxygen atoms in total. The van der Waals surface area contributed by atoms with Gasteiger partial charge in [0.15, 0.2) is 0 Å². The number of hydrogen-bond acceptors (Lipinski definition) is 4. The third-order valence-corrected chi connectivity index (χ3v) is 4.66. The third kappa shape index (κ3) is 5.46. The van der Waals surface area contributed by atoms with Crippen LogP contribution in [0.25, 0.3) is 0 Å². The number of nitrogens with zero attached hydrogens (tertiary/aromatic N) is 3. The fourth-order valence-electron chi connectivity index (χ4n) is 2.83. The Morgan fingerprint density at radius 3 is 2.48 bits per heavy atom. The minimum Gasteiger partial charge on any atom is -0.378 e. The molecule has 1 unspecified atom stereocenters. The molecule has 0 aliphatic carbocycles. The third-order valence-electron chi connectivity index (χ3n) is 4.66. The average molecular weight is 346 g/mol. The first-order valence-corrected chi connectivity index (χ1v) is 8.99. The van der Waals surface area contributed by atoms with Crippen molar-refractivity contribution >= 4 is 17.5 Å². The van der Waals surface area contributed by atoms with Crippen molar-refractivity contribution in [3.8, 4) is 0 Å². The number of rotatable bonds is 6. The molecule has 1 aromatic carbocycles. The van der Waals surface area contributed by atoms with E-state index in [1.54, 1.807) is 0 Å². The van der Waals surface area contributed by atoms with Gasteiger partial charge in [0.2, 0.25) is 5.91 Å². The summed E-state index contributed by atoms with van der Waals surface area (Å²) in [5.74, 6) is 0.125. The van der Waals surface area contributed by atoms with Crippen molar-refractivity contribution in [3.05, 3.63) is 29.8 Å². The van der Waals surface area contributed by atoms with E-state index >= 15 is 0 Å². The first-order chi connectivity index (χ1) is 11.9. The Bertz CT molecular complexity index is 595. The van der Waals surface area contributed by atoms with Crippen LogP contribution in [0.5, 0.6) is 0 Å². The Balaban J connectivity index is 1.86. The molecule has 1 aliphatic heterocycles. The molecule has 25 heavy (non-hydrogen) atoms. The lowest BCUT2D eigenvalue weighted by Gasteiger charge is -2.34. The molecule has 1 fully saturated rings. The molecule has 2 rings (SSSR count). The van der Waals surface area contributed by atoms with Gasteiger partial charge < -0.3 is 15.1 Å². The fraction of sp³-hybridized carbons (Fsp3) is 0.579. The highest BCUT2D eigenvalue weighted by atomic mass is 16.2. The van der Waals surface area contributed by atoms with E-state index in [1.807, 2.05) is 55.1 Å². The van der Waals surface area contributed by atoms with Crippen molar-refractivity contribution in [2.45, 2.75) is 26.3 Å². The van der Waals surface area contributed by atoms with Crippen molar-refractivity contribution in [1.29, 1.82) is 0 Å². The van der Waals surface area contributed by atoms with E-state index in [9.17, 15) is 9.59 Å². The van der Waals surface area contributed by atoms with Crippen LogP contribution in [0.4, 0.5) is 5.69 Å². The molecule has 0 bridgehead atoms. The molecule has 1 aliphatic rings. The van der Waals surface area contributed by atoms with Gasteiger partial charge in [-0.3, -0.25) is 14.5 Å². The quantitative estimate of drug-likeness (QED) is 0.847. The number of piperazine rings is 1. The average Bonchev–Trinajstić information content (AvgIpc) is 2.61. The summed E-state index contributed by atoms with van der Waals surface area (Å²) in [6.07, 6.45) is 0.931. The van der Waals surface area contributed by atoms with Crippen LogP contribution in [0.15, 0.2) is 24.3 Å². The summed E-state index contributed by atoms with van der Waals surface area (Å²) >= 11 is 0. The van der Waals surface area contributed by atoms with Crippen LogP contribution in [0.1, 0.15) is 30.6 Å². The lowest BCUT2D eigenvalue weighted by Crippen LogP contribution is -2.51. The number of nitrogens with one attached hydrogen (secondary N) is 1. The minimum atomic E-state index is 0.0624. The van der Waals surface area contributed by atoms with Crippen LogP contribution in [0.3, 0.4) is 0 Å². The van der Waals surface area contributed by atoms with Crippen LogP contribution in [-0.4, -0.2) is 74.5 Å². The molecule has 1 heterocycles. The van der Waals surface area contributed by atoms with Gasteiger partial charge in [-0.1, -0.05) is 13.0 Å². The first-order valence-electron chi connectivity index (χ1n) is 8.99. The van der Waals surface area contributed by atoms with E-state index in [0.717, 1.165) is 25.2 Å². The first kappa shape index (κ1) is 19.2. The molecular weight excluding hydrogens is 316 g/mol. The molecule has 0 saturated carbocycles. The van der Waals surface area contributed by atoms with Crippen molar-refractivity contribution in [2.75, 3.05) is 51.7 Å². The fourth-order valence-corrected chi connectivity index (χ4v) is 2.83. The Morgan fingerprint density at radius 1 is 1.20 bits per heavy atom. The number of carbonyl (C=O) groups is 2. The molecule has 1 saturated heterocycles. The lowest BCUT2D eigenvalue weighted by atomic mass is 10.1. The van der Waals surface area contributed by atoms with Gasteiger partial charge in [-0.25, -0.2) is 0 Å². The zero-order chi connectivity index (χ0) is 18.4. The summed E-state index contributed by atoms with van der Waals surface area (Å²) in [5, 5.41) is 2.99. The van der Waals surface area contributed by atoms with Crippen LogP contribution < -0.4 is 10.2 Å². The predicted octanol–water partition coefficient (Wildman–Crippen LogP) is 1.43. The summed E-state index contributed by atoms with van der Waals surface area (Å²) < 4.78 is 0. The van der Waals surface area contributed by atoms with Gasteiger partial charge in [0, 0.05) is 57.6 Å². The van der Waals surface area contributed by atoms with Crippen molar-refractivity contribution < 1.29 is 9.59 Å². The summed E-state index contributed by atoms with van der Waals surface area (Å²) in [6, 6.07) is 7.90. The van der Waals surface area contributed by atoms with E-state index < -0.39 is 0 Å². The van der Waals surface area contributed by atoms with Crippen LogP contribution >= 0.6 is 0 Å². The Kier molecular flexibility index (Phi) is 6.82. The maximum absolute atomic E-state index is 12.7. The van der Waals surface area contributed by atoms with Crippen molar-refractivity contribution in [3.63, 3.8) is 0 Å². The predicted molar refractivity (Wildman–Crippen MR) is 101 cm³/mol. The van der Waals surface area contributed by atoms with Gasteiger partial charge in [-0.15, -0.1) is 0 Å². The zero-order valence-electron chi connectivity index (χ0n) is 15.8. The SMILES string of the molecule is CCC(C)NC(=O)CN1CCN(C(=O)c2cccc(N(C)C)c2)CC1. The zero-order valence-corrected chi connectivity index (χ0v) is 15.8. The van der Waals surface area contributed by atoms with Crippen molar-refractivity contribution in [1.82, 2.24) is 15.1 Å². The monoisotopic (exact) mass is 346 g/mol. The second kappa shape index (κ2) is 8.85. The molecule has 138 valence electrons. The Hall–Kier alpha value is -2.08. The molecule has 1 atom stereocenters.